The van der Waals surface area contributed by atoms with E-state index in [1.165, 1.54) is 0 Å². The van der Waals surface area contributed by atoms with E-state index in [1.807, 2.05) is 37.3 Å². The van der Waals surface area contributed by atoms with Gasteiger partial charge < -0.3 is 10.4 Å². The van der Waals surface area contributed by atoms with Crippen molar-refractivity contribution in [3.05, 3.63) is 42.5 Å². The number of nitrogens with zero attached hydrogens (tertiary/aromatic N) is 2. The smallest absolute Gasteiger partial charge is 0.320 e. The molecule has 1 aromatic heterocycles. The summed E-state index contributed by atoms with van der Waals surface area (Å²) in [6.07, 6.45) is 0.823. The first-order valence-corrected chi connectivity index (χ1v) is 7.31. The van der Waals surface area contributed by atoms with Gasteiger partial charge in [0.1, 0.15) is 0 Å². The van der Waals surface area contributed by atoms with Gasteiger partial charge in [-0.15, -0.1) is 10.2 Å². The Labute approximate surface area is 129 Å². The van der Waals surface area contributed by atoms with Gasteiger partial charge in [-0.25, -0.2) is 4.79 Å². The van der Waals surface area contributed by atoms with E-state index >= 15 is 0 Å². The summed E-state index contributed by atoms with van der Waals surface area (Å²) in [4.78, 5) is 11.7. The van der Waals surface area contributed by atoms with Crippen LogP contribution in [0.4, 0.5) is 10.6 Å². The number of hydrogen-bond donors (Lipinski definition) is 3. The summed E-state index contributed by atoms with van der Waals surface area (Å²) in [5.74, 6) is 0.383. The first-order valence-electron chi connectivity index (χ1n) is 7.31. The van der Waals surface area contributed by atoms with Gasteiger partial charge in [0.2, 0.25) is 0 Å². The highest BCUT2D eigenvalue weighted by Crippen LogP contribution is 2.16. The molecular formula is C16H20N4O2. The van der Waals surface area contributed by atoms with Crippen molar-refractivity contribution in [2.24, 2.45) is 0 Å². The molecule has 0 fully saturated rings. The number of rotatable bonds is 6. The molecule has 1 atom stereocenters. The fourth-order valence-electron chi connectivity index (χ4n) is 1.88. The Hall–Kier alpha value is -2.47. The Kier molecular flexibility index (Phi) is 5.85. The Morgan fingerprint density at radius 3 is 2.59 bits per heavy atom. The quantitative estimate of drug-likeness (QED) is 0.764. The number of carbonyl (C=O) groups is 1. The second-order valence-electron chi connectivity index (χ2n) is 4.90. The van der Waals surface area contributed by atoms with Gasteiger partial charge in [0.25, 0.3) is 0 Å². The lowest BCUT2D eigenvalue weighted by atomic mass is 10.1. The molecule has 0 bridgehead atoms. The van der Waals surface area contributed by atoms with Gasteiger partial charge >= 0.3 is 6.03 Å². The minimum absolute atomic E-state index is 0.356. The third-order valence-electron chi connectivity index (χ3n) is 3.21. The Morgan fingerprint density at radius 2 is 1.95 bits per heavy atom. The zero-order valence-electron chi connectivity index (χ0n) is 12.5. The van der Waals surface area contributed by atoms with E-state index in [-0.39, 0.29) is 12.1 Å². The van der Waals surface area contributed by atoms with Gasteiger partial charge in [0.05, 0.1) is 11.8 Å². The number of aromatic nitrogens is 2. The van der Waals surface area contributed by atoms with Gasteiger partial charge in [-0.2, -0.15) is 0 Å². The third kappa shape index (κ3) is 4.82. The number of carbonyl (C=O) groups excluding carboxylic acids is 1. The van der Waals surface area contributed by atoms with Crippen LogP contribution in [-0.4, -0.2) is 34.0 Å². The number of amides is 2. The number of hydrogen-bond acceptors (Lipinski definition) is 4. The summed E-state index contributed by atoms with van der Waals surface area (Å²) < 4.78 is 0. The molecule has 22 heavy (non-hydrogen) atoms. The fourth-order valence-corrected chi connectivity index (χ4v) is 1.88. The molecular weight excluding hydrogens is 280 g/mol. The largest absolute Gasteiger partial charge is 0.393 e. The van der Waals surface area contributed by atoms with Crippen LogP contribution in [0.2, 0.25) is 0 Å². The SMILES string of the molecule is CCC(O)CCNC(=O)Nc1ccc(-c2ccccc2)nn1. The molecule has 0 aliphatic heterocycles. The molecule has 0 saturated heterocycles. The number of nitrogens with one attached hydrogen (secondary N) is 2. The lowest BCUT2D eigenvalue weighted by Crippen LogP contribution is -2.31. The number of benzene rings is 1. The van der Waals surface area contributed by atoms with Crippen LogP contribution < -0.4 is 10.6 Å². The Morgan fingerprint density at radius 1 is 1.18 bits per heavy atom. The van der Waals surface area contributed by atoms with E-state index in [9.17, 15) is 9.90 Å². The second kappa shape index (κ2) is 8.09. The summed E-state index contributed by atoms with van der Waals surface area (Å²) in [7, 11) is 0. The standard InChI is InChI=1S/C16H20N4O2/c1-2-13(21)10-11-17-16(22)18-15-9-8-14(19-20-15)12-6-4-3-5-7-12/h3-9,13,21H,2,10-11H2,1H3,(H2,17,18,20,22). The molecule has 0 radical (unpaired) electrons. The van der Waals surface area contributed by atoms with E-state index in [4.69, 9.17) is 0 Å². The zero-order valence-corrected chi connectivity index (χ0v) is 12.5. The maximum absolute atomic E-state index is 11.7. The molecule has 116 valence electrons. The van der Waals surface area contributed by atoms with Crippen LogP contribution in [0.5, 0.6) is 0 Å². The summed E-state index contributed by atoms with van der Waals surface area (Å²) in [5.41, 5.74) is 1.72. The molecule has 1 heterocycles. The molecule has 2 rings (SSSR count). The van der Waals surface area contributed by atoms with Gasteiger partial charge in [-0.3, -0.25) is 5.32 Å². The lowest BCUT2D eigenvalue weighted by Gasteiger charge is -2.09. The topological polar surface area (TPSA) is 87.1 Å². The summed E-state index contributed by atoms with van der Waals surface area (Å²) >= 11 is 0. The van der Waals surface area contributed by atoms with Crippen molar-refractivity contribution in [2.45, 2.75) is 25.9 Å². The molecule has 0 aliphatic rings. The molecule has 0 aliphatic carbocycles. The van der Waals surface area contributed by atoms with Crippen molar-refractivity contribution >= 4 is 11.8 Å². The molecule has 2 amide bonds. The maximum Gasteiger partial charge on any atom is 0.320 e. The van der Waals surface area contributed by atoms with Gasteiger partial charge in [-0.05, 0) is 25.0 Å². The van der Waals surface area contributed by atoms with Crippen LogP contribution in [0.15, 0.2) is 42.5 Å². The fraction of sp³-hybridized carbons (Fsp3) is 0.312. The number of aliphatic hydroxyl groups excluding tert-OH is 1. The van der Waals surface area contributed by atoms with E-state index in [0.29, 0.717) is 25.2 Å². The van der Waals surface area contributed by atoms with Gasteiger partial charge in [0, 0.05) is 12.1 Å². The van der Waals surface area contributed by atoms with Crippen LogP contribution in [-0.2, 0) is 0 Å². The molecule has 6 heteroatoms. The van der Waals surface area contributed by atoms with Crippen molar-refractivity contribution in [3.8, 4) is 11.3 Å². The van der Waals surface area contributed by atoms with Crippen molar-refractivity contribution in [1.82, 2.24) is 15.5 Å². The van der Waals surface area contributed by atoms with Crippen LogP contribution in [0.1, 0.15) is 19.8 Å². The number of anilines is 1. The molecule has 1 unspecified atom stereocenters. The highest BCUT2D eigenvalue weighted by molar-refractivity contribution is 5.88. The van der Waals surface area contributed by atoms with Crippen molar-refractivity contribution < 1.29 is 9.90 Å². The van der Waals surface area contributed by atoms with Crippen molar-refractivity contribution in [2.75, 3.05) is 11.9 Å². The van der Waals surface area contributed by atoms with Gasteiger partial charge in [0.15, 0.2) is 5.82 Å². The monoisotopic (exact) mass is 300 g/mol. The maximum atomic E-state index is 11.7. The van der Waals surface area contributed by atoms with Crippen molar-refractivity contribution in [3.63, 3.8) is 0 Å². The first kappa shape index (κ1) is 15.9. The summed E-state index contributed by atoms with van der Waals surface area (Å²) in [6, 6.07) is 12.8. The average molecular weight is 300 g/mol. The minimum atomic E-state index is -0.384. The highest BCUT2D eigenvalue weighted by atomic mass is 16.3. The molecule has 3 N–H and O–H groups in total. The lowest BCUT2D eigenvalue weighted by molar-refractivity contribution is 0.160. The predicted molar refractivity (Wildman–Crippen MR) is 85.4 cm³/mol. The molecule has 6 nitrogen and oxygen atoms in total. The Balaban J connectivity index is 1.85. The van der Waals surface area contributed by atoms with E-state index < -0.39 is 0 Å². The normalized spacial score (nSPS) is 11.7. The van der Waals surface area contributed by atoms with Crippen LogP contribution in [0.3, 0.4) is 0 Å². The number of aliphatic hydroxyl groups is 1. The van der Waals surface area contributed by atoms with Crippen LogP contribution in [0, 0.1) is 0 Å². The van der Waals surface area contributed by atoms with Gasteiger partial charge in [-0.1, -0.05) is 37.3 Å². The second-order valence-corrected chi connectivity index (χ2v) is 4.90. The summed E-state index contributed by atoms with van der Waals surface area (Å²) in [5, 5.41) is 22.8. The summed E-state index contributed by atoms with van der Waals surface area (Å²) in [6.45, 7) is 2.31. The Bertz CT molecular complexity index is 587. The van der Waals surface area contributed by atoms with Crippen LogP contribution >= 0.6 is 0 Å². The third-order valence-corrected chi connectivity index (χ3v) is 3.21. The van der Waals surface area contributed by atoms with E-state index in [0.717, 1.165) is 11.3 Å². The molecule has 0 saturated carbocycles. The first-order chi connectivity index (χ1) is 10.7. The minimum Gasteiger partial charge on any atom is -0.393 e. The molecule has 2 aromatic rings. The highest BCUT2D eigenvalue weighted by Gasteiger charge is 2.06. The van der Waals surface area contributed by atoms with E-state index in [2.05, 4.69) is 20.8 Å². The van der Waals surface area contributed by atoms with Crippen LogP contribution in [0.25, 0.3) is 11.3 Å². The van der Waals surface area contributed by atoms with Crippen molar-refractivity contribution in [1.29, 1.82) is 0 Å². The molecule has 1 aromatic carbocycles. The average Bonchev–Trinajstić information content (AvgIpc) is 2.56. The number of urea groups is 1. The van der Waals surface area contributed by atoms with E-state index in [1.54, 1.807) is 12.1 Å². The molecule has 0 spiro atoms. The predicted octanol–water partition coefficient (Wildman–Crippen LogP) is 2.43. The zero-order chi connectivity index (χ0) is 15.8.